The summed E-state index contributed by atoms with van der Waals surface area (Å²) in [6, 6.07) is 3.05. The van der Waals surface area contributed by atoms with Crippen LogP contribution < -0.4 is 10.7 Å². The van der Waals surface area contributed by atoms with Crippen molar-refractivity contribution in [3.8, 4) is 0 Å². The third kappa shape index (κ3) is 11.4. The van der Waals surface area contributed by atoms with Crippen LogP contribution in [0.15, 0.2) is 23.3 Å². The maximum absolute atomic E-state index is 13.4. The SMILES string of the molecule is CCCCN(CCCC)C[C@@H](C(=O)Nc1ccc([N+](=O)[O-])cc1[N+](=O)[O-])/C(C)=N/NC(=O)C[N+](C)(C)C. The summed E-state index contributed by atoms with van der Waals surface area (Å²) in [7, 11) is 5.59. The second-order valence-corrected chi connectivity index (χ2v) is 10.0. The molecule has 1 aromatic carbocycles. The maximum atomic E-state index is 13.4. The molecule has 0 unspecified atom stereocenters. The Balaban J connectivity index is 3.29. The van der Waals surface area contributed by atoms with E-state index in [0.717, 1.165) is 57.0 Å². The Morgan fingerprint density at radius 2 is 1.65 bits per heavy atom. The van der Waals surface area contributed by atoms with E-state index in [0.29, 0.717) is 16.7 Å². The van der Waals surface area contributed by atoms with Gasteiger partial charge < -0.3 is 14.7 Å². The van der Waals surface area contributed by atoms with Gasteiger partial charge in [-0.25, -0.2) is 5.43 Å². The molecule has 37 heavy (non-hydrogen) atoms. The van der Waals surface area contributed by atoms with E-state index < -0.39 is 33.0 Å². The fourth-order valence-corrected chi connectivity index (χ4v) is 3.53. The number of nitro benzene ring substituents is 2. The molecule has 206 valence electrons. The number of likely N-dealkylation sites (N-methyl/N-ethyl adjacent to an activating group) is 1. The van der Waals surface area contributed by atoms with E-state index in [1.807, 2.05) is 21.1 Å². The van der Waals surface area contributed by atoms with Gasteiger partial charge in [-0.1, -0.05) is 26.7 Å². The van der Waals surface area contributed by atoms with E-state index in [1.165, 1.54) is 0 Å². The van der Waals surface area contributed by atoms with Crippen molar-refractivity contribution >= 4 is 34.6 Å². The fourth-order valence-electron chi connectivity index (χ4n) is 3.53. The molecule has 0 saturated heterocycles. The molecule has 0 radical (unpaired) electrons. The van der Waals surface area contributed by atoms with Crippen molar-refractivity contribution in [2.75, 3.05) is 52.6 Å². The number of nitro groups is 2. The Kier molecular flexibility index (Phi) is 12.8. The van der Waals surface area contributed by atoms with Gasteiger partial charge in [0.25, 0.3) is 17.3 Å². The lowest BCUT2D eigenvalue weighted by molar-refractivity contribution is -0.862. The number of non-ortho nitro benzene ring substituents is 1. The van der Waals surface area contributed by atoms with E-state index in [1.54, 1.807) is 6.92 Å². The van der Waals surface area contributed by atoms with Crippen molar-refractivity contribution in [2.45, 2.75) is 46.5 Å². The molecule has 13 heteroatoms. The number of benzene rings is 1. The molecule has 0 aliphatic rings. The number of amides is 2. The highest BCUT2D eigenvalue weighted by Crippen LogP contribution is 2.29. The third-order valence-corrected chi connectivity index (χ3v) is 5.54. The first-order chi connectivity index (χ1) is 17.3. The van der Waals surface area contributed by atoms with Crippen LogP contribution in [0.5, 0.6) is 0 Å². The highest BCUT2D eigenvalue weighted by atomic mass is 16.6. The number of hydrogen-bond donors (Lipinski definition) is 2. The van der Waals surface area contributed by atoms with Crippen molar-refractivity contribution in [2.24, 2.45) is 11.0 Å². The van der Waals surface area contributed by atoms with Crippen LogP contribution in [-0.4, -0.2) is 84.1 Å². The molecule has 0 saturated carbocycles. The first-order valence-electron chi connectivity index (χ1n) is 12.4. The van der Waals surface area contributed by atoms with Crippen LogP contribution in [-0.2, 0) is 9.59 Å². The van der Waals surface area contributed by atoms with Crippen molar-refractivity contribution in [3.63, 3.8) is 0 Å². The molecule has 1 rings (SSSR count). The molecule has 0 fully saturated rings. The van der Waals surface area contributed by atoms with Crippen LogP contribution >= 0.6 is 0 Å². The van der Waals surface area contributed by atoms with Gasteiger partial charge in [0, 0.05) is 18.3 Å². The highest BCUT2D eigenvalue weighted by Gasteiger charge is 2.28. The number of quaternary nitrogens is 1. The van der Waals surface area contributed by atoms with Gasteiger partial charge in [-0.15, -0.1) is 0 Å². The molecule has 0 aliphatic carbocycles. The number of carbonyl (C=O) groups is 2. The van der Waals surface area contributed by atoms with Gasteiger partial charge in [0.05, 0.1) is 43.0 Å². The normalized spacial score (nSPS) is 12.8. The number of nitrogens with one attached hydrogen (secondary N) is 2. The lowest BCUT2D eigenvalue weighted by Gasteiger charge is -2.27. The monoisotopic (exact) mass is 522 g/mol. The number of unbranched alkanes of at least 4 members (excludes halogenated alkanes) is 2. The van der Waals surface area contributed by atoms with E-state index in [2.05, 4.69) is 34.6 Å². The zero-order chi connectivity index (χ0) is 28.2. The number of carbonyl (C=O) groups excluding carboxylic acids is 2. The summed E-state index contributed by atoms with van der Waals surface area (Å²) < 4.78 is 0.399. The Morgan fingerprint density at radius 3 is 2.14 bits per heavy atom. The smallest absolute Gasteiger partial charge is 0.299 e. The molecule has 1 aromatic rings. The Morgan fingerprint density at radius 1 is 1.05 bits per heavy atom. The van der Waals surface area contributed by atoms with Crippen molar-refractivity contribution in [1.29, 1.82) is 0 Å². The largest absolute Gasteiger partial charge is 0.323 e. The van der Waals surface area contributed by atoms with Gasteiger partial charge in [0.1, 0.15) is 5.69 Å². The average molecular weight is 523 g/mol. The van der Waals surface area contributed by atoms with E-state index in [9.17, 15) is 29.8 Å². The predicted octanol–water partition coefficient (Wildman–Crippen LogP) is 3.16. The van der Waals surface area contributed by atoms with E-state index >= 15 is 0 Å². The van der Waals surface area contributed by atoms with Crippen molar-refractivity contribution < 1.29 is 23.9 Å². The van der Waals surface area contributed by atoms with Crippen LogP contribution in [0, 0.1) is 26.1 Å². The number of nitrogens with zero attached hydrogens (tertiary/aromatic N) is 5. The summed E-state index contributed by atoms with van der Waals surface area (Å²) in [6.07, 6.45) is 3.82. The van der Waals surface area contributed by atoms with Gasteiger partial charge in [-0.3, -0.25) is 29.8 Å². The Bertz CT molecular complexity index is 982. The number of hydrogen-bond acceptors (Lipinski definition) is 8. The quantitative estimate of drug-likeness (QED) is 0.146. The zero-order valence-corrected chi connectivity index (χ0v) is 22.7. The molecule has 0 bridgehead atoms. The molecule has 0 spiro atoms. The number of rotatable bonds is 16. The third-order valence-electron chi connectivity index (χ3n) is 5.54. The van der Waals surface area contributed by atoms with Crippen LogP contribution in [0.4, 0.5) is 17.1 Å². The zero-order valence-electron chi connectivity index (χ0n) is 22.7. The van der Waals surface area contributed by atoms with Gasteiger partial charge in [0.2, 0.25) is 5.91 Å². The molecule has 0 aromatic heterocycles. The van der Waals surface area contributed by atoms with Crippen molar-refractivity contribution in [3.05, 3.63) is 38.4 Å². The number of hydrazone groups is 1. The van der Waals surface area contributed by atoms with Gasteiger partial charge in [-0.2, -0.15) is 5.10 Å². The average Bonchev–Trinajstić information content (AvgIpc) is 2.80. The molecule has 0 heterocycles. The maximum Gasteiger partial charge on any atom is 0.299 e. The molecular weight excluding hydrogens is 482 g/mol. The molecule has 1 atom stereocenters. The minimum absolute atomic E-state index is 0.152. The summed E-state index contributed by atoms with van der Waals surface area (Å²) >= 11 is 0. The van der Waals surface area contributed by atoms with Crippen LogP contribution in [0.2, 0.25) is 0 Å². The number of anilines is 1. The van der Waals surface area contributed by atoms with E-state index in [4.69, 9.17) is 0 Å². The first kappa shape index (κ1) is 31.6. The van der Waals surface area contributed by atoms with Crippen LogP contribution in [0.3, 0.4) is 0 Å². The lowest BCUT2D eigenvalue weighted by Crippen LogP contribution is -2.44. The second-order valence-electron chi connectivity index (χ2n) is 10.0. The fraction of sp³-hybridized carbons (Fsp3) is 0.625. The van der Waals surface area contributed by atoms with Crippen LogP contribution in [0.1, 0.15) is 46.5 Å². The minimum atomic E-state index is -0.826. The molecule has 2 amide bonds. The van der Waals surface area contributed by atoms with Gasteiger partial charge >= 0.3 is 0 Å². The predicted molar refractivity (Wildman–Crippen MR) is 142 cm³/mol. The standard InChI is InChI=1S/C24H39N7O6/c1-7-9-13-28(14-10-8-2)16-20(18(3)26-27-23(32)17-31(4,5)6)24(33)25-21-12-11-19(29(34)35)15-22(21)30(36)37/h11-12,15,20H,7-10,13-14,16-17H2,1-6H3,(H-,25,27,32,33)/p+1/b26-18+/t20-/m1/s1. The molecule has 13 nitrogen and oxygen atoms in total. The van der Waals surface area contributed by atoms with E-state index in [-0.39, 0.29) is 18.1 Å². The van der Waals surface area contributed by atoms with Crippen molar-refractivity contribution in [1.82, 2.24) is 10.3 Å². The van der Waals surface area contributed by atoms with Gasteiger partial charge in [-0.05, 0) is 38.9 Å². The molecule has 0 aliphatic heterocycles. The summed E-state index contributed by atoms with van der Waals surface area (Å²) in [5, 5.41) is 29.3. The topological polar surface area (TPSA) is 160 Å². The summed E-state index contributed by atoms with van der Waals surface area (Å²) in [6.45, 7) is 7.78. The van der Waals surface area contributed by atoms with Gasteiger partial charge in [0.15, 0.2) is 6.54 Å². The molecule has 2 N–H and O–H groups in total. The summed E-state index contributed by atoms with van der Waals surface area (Å²) in [5.74, 6) is -1.70. The Labute approximate surface area is 217 Å². The minimum Gasteiger partial charge on any atom is -0.323 e. The summed E-state index contributed by atoms with van der Waals surface area (Å²) in [5.41, 5.74) is 1.65. The second kappa shape index (κ2) is 15.0. The highest BCUT2D eigenvalue weighted by molar-refractivity contribution is 6.09. The Hall–Kier alpha value is -3.45. The lowest BCUT2D eigenvalue weighted by atomic mass is 10.0. The first-order valence-corrected chi connectivity index (χ1v) is 12.4. The molecular formula is C24H40N7O6+. The van der Waals surface area contributed by atoms with Crippen LogP contribution in [0.25, 0.3) is 0 Å². The summed E-state index contributed by atoms with van der Waals surface area (Å²) in [4.78, 5) is 48.9.